The number of fused-ring (bicyclic) bond motifs is 2. The lowest BCUT2D eigenvalue weighted by molar-refractivity contribution is -0.0642. The molecule has 4 aliphatic rings. The van der Waals surface area contributed by atoms with E-state index >= 15 is 0 Å². The molecule has 0 bridgehead atoms. The summed E-state index contributed by atoms with van der Waals surface area (Å²) in [6, 6.07) is 24.9. The minimum atomic E-state index is -1.32. The Labute approximate surface area is 373 Å². The smallest absolute Gasteiger partial charge is 0.338 e. The number of esters is 3. The summed E-state index contributed by atoms with van der Waals surface area (Å²) in [6.07, 6.45) is -1.29. The van der Waals surface area contributed by atoms with E-state index in [2.05, 4.69) is 9.97 Å². The molecule has 5 aromatic rings. The summed E-state index contributed by atoms with van der Waals surface area (Å²) in [6.45, 7) is -0.809. The average Bonchev–Trinajstić information content (AvgIpc) is 4.12. The molecular weight excluding hydrogens is 869 g/mol. The molecule has 2 fully saturated rings. The molecule has 0 saturated carbocycles. The molecule has 0 spiro atoms. The number of aliphatic hydroxyl groups excluding tert-OH is 3. The van der Waals surface area contributed by atoms with Gasteiger partial charge in [-0.2, -0.15) is 0 Å². The molecule has 9 rings (SSSR count). The number of rotatable bonds is 10. The van der Waals surface area contributed by atoms with E-state index in [1.807, 2.05) is 12.2 Å². The molecule has 2 aliphatic heterocycles. The summed E-state index contributed by atoms with van der Waals surface area (Å²) in [7, 11) is 0. The van der Waals surface area contributed by atoms with Crippen LogP contribution in [-0.4, -0.2) is 102 Å². The summed E-state index contributed by atoms with van der Waals surface area (Å²) in [5.41, 5.74) is 2.16. The Hall–Kier alpha value is -6.45. The number of hydrogen-bond acceptors (Lipinski definition) is 15. The number of hydrogen-bond donors (Lipinski definition) is 5. The van der Waals surface area contributed by atoms with Gasteiger partial charge in [0.1, 0.15) is 40.3 Å². The fraction of sp³-hybridized carbons (Fsp3) is 0.267. The van der Waals surface area contributed by atoms with Crippen molar-refractivity contribution < 1.29 is 53.4 Å². The molecule has 4 heterocycles. The van der Waals surface area contributed by atoms with Crippen molar-refractivity contribution in [1.29, 1.82) is 0 Å². The number of aromatic nitrogens is 4. The zero-order chi connectivity index (χ0) is 45.1. The average molecular weight is 909 g/mol. The quantitative estimate of drug-likeness (QED) is 0.0763. The summed E-state index contributed by atoms with van der Waals surface area (Å²) >= 11 is 10.5. The first kappa shape index (κ1) is 44.2. The third-order valence-electron chi connectivity index (χ3n) is 11.0. The van der Waals surface area contributed by atoms with Crippen molar-refractivity contribution in [3.63, 3.8) is 0 Å². The van der Waals surface area contributed by atoms with Gasteiger partial charge in [-0.05, 0) is 61.4 Å². The van der Waals surface area contributed by atoms with Crippen LogP contribution in [0.4, 0.5) is 0 Å². The standard InChI is InChI=1S/C33H26N2O8S.C12H14N2O5S/c36-30(20-11-4-1-5-12-20)40-19-25-26(42-31(37)21-13-6-2-7-14-21)27(43-32(38)22-15-8-3-9-16-22)29(41-25)35-24-18-10-17-23(24)28(44)34-33(35)39;15-4-7-8(16)9(17)11(19-7)14-6-3-1-2-5(6)10(20)13-12(14)18/h1-16,18,25-27,29H,17,19H2,(H,34,39,44);1,3,7-9,11,15-17H,2,4H2,(H,13,18,20). The highest BCUT2D eigenvalue weighted by Gasteiger charge is 2.52. The number of nitrogens with one attached hydrogen (secondary N) is 2. The van der Waals surface area contributed by atoms with Crippen LogP contribution in [0.3, 0.4) is 0 Å². The van der Waals surface area contributed by atoms with E-state index in [9.17, 15) is 34.2 Å². The Morgan fingerprint density at radius 1 is 0.625 bits per heavy atom. The number of H-pyrrole nitrogens is 2. The Bertz CT molecular complexity index is 2860. The first-order valence-corrected chi connectivity index (χ1v) is 20.9. The Morgan fingerprint density at radius 2 is 1.06 bits per heavy atom. The van der Waals surface area contributed by atoms with Crippen LogP contribution in [0.2, 0.25) is 0 Å². The first-order valence-electron chi connectivity index (χ1n) is 20.1. The highest BCUT2D eigenvalue weighted by Crippen LogP contribution is 2.37. The lowest BCUT2D eigenvalue weighted by Crippen LogP contribution is -2.43. The van der Waals surface area contributed by atoms with E-state index < -0.39 is 85.0 Å². The van der Waals surface area contributed by atoms with Crippen molar-refractivity contribution in [1.82, 2.24) is 19.1 Å². The van der Waals surface area contributed by atoms with E-state index in [0.29, 0.717) is 40.0 Å². The van der Waals surface area contributed by atoms with Gasteiger partial charge >= 0.3 is 29.3 Å². The van der Waals surface area contributed by atoms with Crippen molar-refractivity contribution in [3.8, 4) is 0 Å². The number of ether oxygens (including phenoxy) is 5. The highest BCUT2D eigenvalue weighted by atomic mass is 32.1. The molecule has 0 amide bonds. The lowest BCUT2D eigenvalue weighted by Gasteiger charge is -2.26. The number of allylic oxidation sites excluding steroid dienone is 2. The summed E-state index contributed by atoms with van der Waals surface area (Å²) in [4.78, 5) is 70.2. The third kappa shape index (κ3) is 8.87. The van der Waals surface area contributed by atoms with Crippen LogP contribution in [0, 0.1) is 9.28 Å². The normalized spacial score (nSPS) is 23.7. The van der Waals surface area contributed by atoms with E-state index in [4.69, 9.17) is 53.2 Å². The molecule has 64 heavy (non-hydrogen) atoms. The number of aliphatic hydroxyl groups is 3. The van der Waals surface area contributed by atoms with Crippen LogP contribution < -0.4 is 11.4 Å². The highest BCUT2D eigenvalue weighted by molar-refractivity contribution is 7.71. The summed E-state index contributed by atoms with van der Waals surface area (Å²) in [5, 5.41) is 28.9. The van der Waals surface area contributed by atoms with Gasteiger partial charge in [-0.3, -0.25) is 19.1 Å². The van der Waals surface area contributed by atoms with Gasteiger partial charge < -0.3 is 39.0 Å². The molecule has 8 unspecified atom stereocenters. The van der Waals surface area contributed by atoms with Crippen molar-refractivity contribution in [3.05, 3.63) is 173 Å². The van der Waals surface area contributed by atoms with Gasteiger partial charge in [-0.15, -0.1) is 0 Å². The SMILES string of the molecule is O=C(OCC1OC(n2c3c(c(=S)[nH]c2=O)CC=C3)C(OC(=O)c2ccccc2)C1OC(=O)c1ccccc1)c1ccccc1.O=c1[nH]c(=S)c2c(n1C1OC(CO)C(O)C1O)C=CC2. The van der Waals surface area contributed by atoms with Crippen LogP contribution in [0.1, 0.15) is 66.0 Å². The maximum atomic E-state index is 13.4. The molecule has 0 radical (unpaired) electrons. The predicted molar refractivity (Wildman–Crippen MR) is 232 cm³/mol. The molecule has 5 N–H and O–H groups in total. The molecule has 17 nitrogen and oxygen atoms in total. The number of nitrogens with zero attached hydrogens (tertiary/aromatic N) is 2. The van der Waals surface area contributed by atoms with Crippen LogP contribution in [-0.2, 0) is 36.5 Å². The summed E-state index contributed by atoms with van der Waals surface area (Å²) in [5.74, 6) is -2.07. The number of carbonyl (C=O) groups excluding carboxylic acids is 3. The third-order valence-corrected chi connectivity index (χ3v) is 11.7. The van der Waals surface area contributed by atoms with Crippen molar-refractivity contribution in [2.45, 2.75) is 61.9 Å². The van der Waals surface area contributed by atoms with E-state index in [0.717, 1.165) is 5.56 Å². The fourth-order valence-corrected chi connectivity index (χ4v) is 8.36. The van der Waals surface area contributed by atoms with Crippen LogP contribution >= 0.6 is 24.4 Å². The Balaban J connectivity index is 0.000000233. The zero-order valence-corrected chi connectivity index (χ0v) is 35.2. The van der Waals surface area contributed by atoms with E-state index in [1.165, 1.54) is 9.13 Å². The van der Waals surface area contributed by atoms with Gasteiger partial charge in [0.15, 0.2) is 24.7 Å². The first-order chi connectivity index (χ1) is 30.9. The van der Waals surface area contributed by atoms with E-state index in [-0.39, 0.29) is 22.4 Å². The molecule has 2 saturated heterocycles. The minimum Gasteiger partial charge on any atom is -0.459 e. The van der Waals surface area contributed by atoms with Gasteiger partial charge in [0.05, 0.1) is 34.7 Å². The molecule has 330 valence electrons. The molecule has 3 aromatic carbocycles. The van der Waals surface area contributed by atoms with Crippen LogP contribution in [0.15, 0.2) is 113 Å². The second-order valence-electron chi connectivity index (χ2n) is 14.9. The Kier molecular flexibility index (Phi) is 13.2. The van der Waals surface area contributed by atoms with Gasteiger partial charge in [-0.25, -0.2) is 24.0 Å². The van der Waals surface area contributed by atoms with Gasteiger partial charge in [-0.1, -0.05) is 91.2 Å². The molecular formula is C45H40N4O13S2. The second-order valence-corrected chi connectivity index (χ2v) is 15.7. The minimum absolute atomic E-state index is 0.239. The van der Waals surface area contributed by atoms with Gasteiger partial charge in [0, 0.05) is 11.1 Å². The second kappa shape index (κ2) is 19.1. The van der Waals surface area contributed by atoms with E-state index in [1.54, 1.807) is 103 Å². The molecule has 19 heteroatoms. The summed E-state index contributed by atoms with van der Waals surface area (Å²) < 4.78 is 32.4. The largest absolute Gasteiger partial charge is 0.459 e. The van der Waals surface area contributed by atoms with Crippen molar-refractivity contribution >= 4 is 54.5 Å². The maximum Gasteiger partial charge on any atom is 0.338 e. The monoisotopic (exact) mass is 908 g/mol. The van der Waals surface area contributed by atoms with Crippen LogP contribution in [0.5, 0.6) is 0 Å². The topological polar surface area (TPSA) is 234 Å². The van der Waals surface area contributed by atoms with Crippen molar-refractivity contribution in [2.75, 3.05) is 13.2 Å². The molecule has 2 aromatic heterocycles. The lowest BCUT2D eigenvalue weighted by atomic mass is 10.1. The number of benzene rings is 3. The predicted octanol–water partition coefficient (Wildman–Crippen LogP) is 3.77. The van der Waals surface area contributed by atoms with Crippen molar-refractivity contribution in [2.24, 2.45) is 0 Å². The Morgan fingerprint density at radius 3 is 1.53 bits per heavy atom. The molecule has 8 atom stereocenters. The van der Waals surface area contributed by atoms with Gasteiger partial charge in [0.25, 0.3) is 0 Å². The number of carbonyl (C=O) groups is 3. The van der Waals surface area contributed by atoms with Crippen LogP contribution in [0.25, 0.3) is 12.2 Å². The fourth-order valence-electron chi connectivity index (χ4n) is 7.80. The maximum absolute atomic E-state index is 13.4. The number of aromatic amines is 2. The zero-order valence-electron chi connectivity index (χ0n) is 33.6. The van der Waals surface area contributed by atoms with Gasteiger partial charge in [0.2, 0.25) is 0 Å². The molecule has 2 aliphatic carbocycles.